The van der Waals surface area contributed by atoms with Crippen LogP contribution >= 0.6 is 0 Å². The van der Waals surface area contributed by atoms with Crippen molar-refractivity contribution in [3.8, 4) is 0 Å². The number of rotatable bonds is 8. The van der Waals surface area contributed by atoms with Gasteiger partial charge < -0.3 is 5.32 Å². The maximum absolute atomic E-state index is 12.7. The van der Waals surface area contributed by atoms with Crippen molar-refractivity contribution in [1.29, 1.82) is 0 Å². The Bertz CT molecular complexity index is 452. The number of carbonyl (C=O) groups is 1. The summed E-state index contributed by atoms with van der Waals surface area (Å²) in [6.45, 7) is 13.6. The van der Waals surface area contributed by atoms with Gasteiger partial charge in [-0.1, -0.05) is 83.1 Å². The summed E-state index contributed by atoms with van der Waals surface area (Å²) in [5, 5.41) is 3.21. The lowest BCUT2D eigenvalue weighted by Gasteiger charge is -2.34. The minimum absolute atomic E-state index is 0.0737. The molecule has 0 aromatic heterocycles. The molecule has 0 aliphatic rings. The van der Waals surface area contributed by atoms with Gasteiger partial charge >= 0.3 is 0 Å². The smallest absolute Gasteiger partial charge is 0.223 e. The summed E-state index contributed by atoms with van der Waals surface area (Å²) in [5.74, 6) is 0.310. The molecule has 1 rings (SSSR count). The summed E-state index contributed by atoms with van der Waals surface area (Å²) in [6.07, 6.45) is 3.61. The predicted molar refractivity (Wildman–Crippen MR) is 98.8 cm³/mol. The Morgan fingerprint density at radius 1 is 1.14 bits per heavy atom. The molecule has 0 fully saturated rings. The van der Waals surface area contributed by atoms with Crippen LogP contribution in [0.15, 0.2) is 30.3 Å². The lowest BCUT2D eigenvalue weighted by molar-refractivity contribution is -0.125. The highest BCUT2D eigenvalue weighted by molar-refractivity contribution is 6.77. The maximum Gasteiger partial charge on any atom is 0.223 e. The highest BCUT2D eigenvalue weighted by Crippen LogP contribution is 2.35. The number of hydrogen-bond acceptors (Lipinski definition) is 1. The highest BCUT2D eigenvalue weighted by atomic mass is 28.3. The minimum atomic E-state index is -1.34. The second-order valence-corrected chi connectivity index (χ2v) is 13.0. The van der Waals surface area contributed by atoms with Gasteiger partial charge in [0.05, 0.1) is 6.04 Å². The first-order valence-corrected chi connectivity index (χ1v) is 12.2. The lowest BCUT2D eigenvalue weighted by atomic mass is 10.00. The quantitative estimate of drug-likeness (QED) is 0.639. The number of carbonyl (C=O) groups excluding carboxylic acids is 1. The first-order chi connectivity index (χ1) is 10.3. The summed E-state index contributed by atoms with van der Waals surface area (Å²) in [4.78, 5) is 12.7. The molecule has 0 bridgehead atoms. The highest BCUT2D eigenvalue weighted by Gasteiger charge is 2.34. The number of unbranched alkanes of at least 4 members (excludes halogenated alkanes) is 1. The van der Waals surface area contributed by atoms with Gasteiger partial charge in [-0.2, -0.15) is 0 Å². The van der Waals surface area contributed by atoms with E-state index < -0.39 is 8.07 Å². The van der Waals surface area contributed by atoms with E-state index in [1.807, 2.05) is 18.2 Å². The maximum atomic E-state index is 12.7. The fourth-order valence-electron chi connectivity index (χ4n) is 3.21. The second-order valence-electron chi connectivity index (χ2n) is 7.54. The van der Waals surface area contributed by atoms with Crippen LogP contribution in [0.5, 0.6) is 0 Å². The summed E-state index contributed by atoms with van der Waals surface area (Å²) in [6, 6.07) is 10.3. The number of amides is 1. The Morgan fingerprint density at radius 2 is 1.73 bits per heavy atom. The van der Waals surface area contributed by atoms with E-state index in [0.717, 1.165) is 0 Å². The molecule has 22 heavy (non-hydrogen) atoms. The van der Waals surface area contributed by atoms with Gasteiger partial charge in [-0.25, -0.2) is 0 Å². The van der Waals surface area contributed by atoms with Gasteiger partial charge in [0, 0.05) is 14.0 Å². The molecule has 0 aliphatic carbocycles. The molecule has 0 heterocycles. The second kappa shape index (κ2) is 8.52. The van der Waals surface area contributed by atoms with E-state index in [-0.39, 0.29) is 17.9 Å². The van der Waals surface area contributed by atoms with Gasteiger partial charge in [-0.15, -0.1) is 0 Å². The minimum Gasteiger partial charge on any atom is -0.349 e. The van der Waals surface area contributed by atoms with E-state index in [1.54, 1.807) is 0 Å². The third-order valence-corrected chi connectivity index (χ3v) is 7.67. The van der Waals surface area contributed by atoms with Crippen LogP contribution in [0.2, 0.25) is 25.2 Å². The van der Waals surface area contributed by atoms with E-state index in [4.69, 9.17) is 0 Å². The van der Waals surface area contributed by atoms with Crippen LogP contribution in [-0.4, -0.2) is 14.0 Å². The first-order valence-electron chi connectivity index (χ1n) is 8.62. The molecule has 1 N–H and O–H groups in total. The zero-order chi connectivity index (χ0) is 16.8. The van der Waals surface area contributed by atoms with Crippen LogP contribution in [0.1, 0.15) is 51.6 Å². The van der Waals surface area contributed by atoms with E-state index >= 15 is 0 Å². The van der Waals surface area contributed by atoms with E-state index in [1.165, 1.54) is 24.8 Å². The normalized spacial score (nSPS) is 15.9. The Kier molecular flexibility index (Phi) is 7.34. The molecule has 0 saturated heterocycles. The van der Waals surface area contributed by atoms with Gasteiger partial charge in [0.25, 0.3) is 0 Å². The van der Waals surface area contributed by atoms with Crippen LogP contribution in [0.4, 0.5) is 0 Å². The van der Waals surface area contributed by atoms with Crippen molar-refractivity contribution < 1.29 is 4.79 Å². The number of benzene rings is 1. The lowest BCUT2D eigenvalue weighted by Crippen LogP contribution is -2.41. The molecule has 2 nitrogen and oxygen atoms in total. The van der Waals surface area contributed by atoms with Crippen LogP contribution < -0.4 is 5.32 Å². The van der Waals surface area contributed by atoms with Gasteiger partial charge in [-0.3, -0.25) is 4.79 Å². The molecule has 0 aliphatic heterocycles. The molecule has 3 heteroatoms. The van der Waals surface area contributed by atoms with Crippen LogP contribution in [0.3, 0.4) is 0 Å². The Hall–Kier alpha value is -1.09. The fourth-order valence-corrected chi connectivity index (χ4v) is 5.93. The third-order valence-electron chi connectivity index (χ3n) is 4.66. The molecule has 3 unspecified atom stereocenters. The average Bonchev–Trinajstić information content (AvgIpc) is 2.46. The largest absolute Gasteiger partial charge is 0.349 e. The molecule has 3 atom stereocenters. The van der Waals surface area contributed by atoms with Crippen molar-refractivity contribution in [1.82, 2.24) is 5.32 Å². The van der Waals surface area contributed by atoms with Crippen molar-refractivity contribution in [2.24, 2.45) is 5.92 Å². The number of hydrogen-bond donors (Lipinski definition) is 1. The summed E-state index contributed by atoms with van der Waals surface area (Å²) in [7, 11) is -1.34. The summed E-state index contributed by atoms with van der Waals surface area (Å²) in [5.41, 5.74) is 1.72. The molecule has 124 valence electrons. The van der Waals surface area contributed by atoms with E-state index in [0.29, 0.717) is 5.54 Å². The van der Waals surface area contributed by atoms with Crippen LogP contribution in [0, 0.1) is 5.92 Å². The van der Waals surface area contributed by atoms with Crippen molar-refractivity contribution in [2.45, 2.75) is 71.3 Å². The van der Waals surface area contributed by atoms with Gasteiger partial charge in [-0.05, 0) is 18.0 Å². The van der Waals surface area contributed by atoms with Gasteiger partial charge in [0.1, 0.15) is 0 Å². The molecule has 1 aromatic rings. The first kappa shape index (κ1) is 19.0. The molecule has 1 amide bonds. The zero-order valence-corrected chi connectivity index (χ0v) is 16.1. The SMILES string of the molecule is CCCCC(C(C)C(=O)NC(C)c1ccccc1)[Si](C)(C)C. The summed E-state index contributed by atoms with van der Waals surface area (Å²) < 4.78 is 0. The fraction of sp³-hybridized carbons (Fsp3) is 0.632. The zero-order valence-electron chi connectivity index (χ0n) is 15.1. The van der Waals surface area contributed by atoms with E-state index in [9.17, 15) is 4.79 Å². The van der Waals surface area contributed by atoms with Crippen molar-refractivity contribution in [2.75, 3.05) is 0 Å². The number of nitrogens with one attached hydrogen (secondary N) is 1. The average molecular weight is 320 g/mol. The van der Waals surface area contributed by atoms with Crippen molar-refractivity contribution in [3.05, 3.63) is 35.9 Å². The van der Waals surface area contributed by atoms with Gasteiger partial charge in [0.15, 0.2) is 0 Å². The van der Waals surface area contributed by atoms with E-state index in [2.05, 4.69) is 57.9 Å². The monoisotopic (exact) mass is 319 g/mol. The molecule has 0 spiro atoms. The van der Waals surface area contributed by atoms with Gasteiger partial charge in [0.2, 0.25) is 5.91 Å². The molecular weight excluding hydrogens is 286 g/mol. The van der Waals surface area contributed by atoms with Crippen LogP contribution in [0.25, 0.3) is 0 Å². The topological polar surface area (TPSA) is 29.1 Å². The van der Waals surface area contributed by atoms with Crippen molar-refractivity contribution >= 4 is 14.0 Å². The molecule has 1 aromatic carbocycles. The predicted octanol–water partition coefficient (Wildman–Crippen LogP) is 5.40. The Labute approximate surface area is 137 Å². The molecule has 0 saturated carbocycles. The Balaban J connectivity index is 2.73. The van der Waals surface area contributed by atoms with Crippen molar-refractivity contribution in [3.63, 3.8) is 0 Å². The Morgan fingerprint density at radius 3 is 2.23 bits per heavy atom. The summed E-state index contributed by atoms with van der Waals surface area (Å²) >= 11 is 0. The third kappa shape index (κ3) is 5.60. The molecular formula is C19H33NOSi. The van der Waals surface area contributed by atoms with Crippen LogP contribution in [-0.2, 0) is 4.79 Å². The molecule has 0 radical (unpaired) electrons. The standard InChI is InChI=1S/C19H33NOSi/c1-7-8-14-18(22(4,5)6)15(2)19(21)20-16(3)17-12-10-9-11-13-17/h9-13,15-16,18H,7-8,14H2,1-6H3,(H,20,21).